The number of halogens is 1. The van der Waals surface area contributed by atoms with Crippen molar-refractivity contribution in [3.8, 4) is 0 Å². The first-order chi connectivity index (χ1) is 7.25. The maximum Gasteiger partial charge on any atom is 0.153 e. The van der Waals surface area contributed by atoms with Crippen LogP contribution in [0, 0.1) is 6.92 Å². The highest BCUT2D eigenvalue weighted by Crippen LogP contribution is 2.29. The quantitative estimate of drug-likeness (QED) is 0.571. The molecule has 74 valence electrons. The lowest BCUT2D eigenvalue weighted by Crippen LogP contribution is -1.82. The van der Waals surface area contributed by atoms with E-state index in [0.29, 0.717) is 5.15 Å². The van der Waals surface area contributed by atoms with Crippen LogP contribution in [-0.4, -0.2) is 9.97 Å². The minimum Gasteiger partial charge on any atom is -0.352 e. The van der Waals surface area contributed by atoms with Gasteiger partial charge in [0.1, 0.15) is 0 Å². The second-order valence-corrected chi connectivity index (χ2v) is 4.01. The van der Waals surface area contributed by atoms with Gasteiger partial charge in [-0.1, -0.05) is 29.8 Å². The fourth-order valence-corrected chi connectivity index (χ4v) is 2.21. The summed E-state index contributed by atoms with van der Waals surface area (Å²) in [6, 6.07) is 10.2. The highest BCUT2D eigenvalue weighted by atomic mass is 35.5. The summed E-state index contributed by atoms with van der Waals surface area (Å²) >= 11 is 6.09. The predicted octanol–water partition coefficient (Wildman–Crippen LogP) is 3.68. The number of para-hydroxylation sites is 1. The van der Waals surface area contributed by atoms with Crippen molar-refractivity contribution in [3.63, 3.8) is 0 Å². The largest absolute Gasteiger partial charge is 0.352 e. The molecule has 15 heavy (non-hydrogen) atoms. The van der Waals surface area contributed by atoms with Crippen LogP contribution < -0.4 is 0 Å². The Labute approximate surface area is 91.9 Å². The Morgan fingerprint density at radius 3 is 2.87 bits per heavy atom. The molecule has 3 aromatic rings. The summed E-state index contributed by atoms with van der Waals surface area (Å²) < 4.78 is 0. The highest BCUT2D eigenvalue weighted by Gasteiger charge is 2.07. The van der Waals surface area contributed by atoms with Gasteiger partial charge in [-0.05, 0) is 19.1 Å². The number of aryl methyl sites for hydroxylation is 1. The lowest BCUT2D eigenvalue weighted by molar-refractivity contribution is 1.22. The standard InChI is InChI=1S/C12H9ClN2/c1-7-6-9-8-4-2-3-5-10(8)15-11(9)12(13)14-7/h2-6,15H,1H3. The molecule has 0 radical (unpaired) electrons. The molecule has 0 bridgehead atoms. The molecule has 0 spiro atoms. The molecule has 2 nitrogen and oxygen atoms in total. The van der Waals surface area contributed by atoms with Crippen molar-refractivity contribution < 1.29 is 0 Å². The summed E-state index contributed by atoms with van der Waals surface area (Å²) in [7, 11) is 0. The average Bonchev–Trinajstić information content (AvgIpc) is 2.57. The summed E-state index contributed by atoms with van der Waals surface area (Å²) in [5, 5.41) is 2.88. The molecule has 0 fully saturated rings. The van der Waals surface area contributed by atoms with E-state index < -0.39 is 0 Å². The summed E-state index contributed by atoms with van der Waals surface area (Å²) in [5.74, 6) is 0. The van der Waals surface area contributed by atoms with E-state index in [1.165, 1.54) is 5.39 Å². The number of benzene rings is 1. The van der Waals surface area contributed by atoms with Crippen molar-refractivity contribution >= 4 is 33.4 Å². The van der Waals surface area contributed by atoms with Crippen LogP contribution in [0.1, 0.15) is 5.69 Å². The number of aromatic nitrogens is 2. The van der Waals surface area contributed by atoms with E-state index in [1.54, 1.807) is 0 Å². The zero-order chi connectivity index (χ0) is 10.4. The van der Waals surface area contributed by atoms with Crippen LogP contribution >= 0.6 is 11.6 Å². The van der Waals surface area contributed by atoms with Crippen molar-refractivity contribution in [2.45, 2.75) is 6.92 Å². The molecule has 0 aliphatic carbocycles. The normalized spacial score (nSPS) is 11.3. The summed E-state index contributed by atoms with van der Waals surface area (Å²) in [6.45, 7) is 1.95. The van der Waals surface area contributed by atoms with Crippen LogP contribution in [0.15, 0.2) is 30.3 Å². The van der Waals surface area contributed by atoms with Gasteiger partial charge in [-0.15, -0.1) is 0 Å². The van der Waals surface area contributed by atoms with Crippen LogP contribution in [0.3, 0.4) is 0 Å². The molecule has 2 heterocycles. The number of hydrogen-bond acceptors (Lipinski definition) is 1. The fraction of sp³-hybridized carbons (Fsp3) is 0.0833. The lowest BCUT2D eigenvalue weighted by Gasteiger charge is -1.95. The van der Waals surface area contributed by atoms with Crippen LogP contribution in [-0.2, 0) is 0 Å². The maximum atomic E-state index is 6.09. The molecule has 3 heteroatoms. The summed E-state index contributed by atoms with van der Waals surface area (Å²) in [5.41, 5.74) is 2.96. The molecule has 0 saturated heterocycles. The van der Waals surface area contributed by atoms with E-state index >= 15 is 0 Å². The van der Waals surface area contributed by atoms with E-state index in [4.69, 9.17) is 11.6 Å². The molecule has 1 aromatic carbocycles. The third-order valence-electron chi connectivity index (χ3n) is 2.58. The van der Waals surface area contributed by atoms with E-state index in [0.717, 1.165) is 22.1 Å². The number of nitrogens with zero attached hydrogens (tertiary/aromatic N) is 1. The summed E-state index contributed by atoms with van der Waals surface area (Å²) in [6.07, 6.45) is 0. The second kappa shape index (κ2) is 2.97. The van der Waals surface area contributed by atoms with Gasteiger partial charge < -0.3 is 4.98 Å². The van der Waals surface area contributed by atoms with Gasteiger partial charge in [-0.3, -0.25) is 0 Å². The average molecular weight is 217 g/mol. The van der Waals surface area contributed by atoms with Crippen molar-refractivity contribution in [2.75, 3.05) is 0 Å². The second-order valence-electron chi connectivity index (χ2n) is 3.65. The Kier molecular flexibility index (Phi) is 1.73. The van der Waals surface area contributed by atoms with Crippen LogP contribution in [0.2, 0.25) is 5.15 Å². The Morgan fingerprint density at radius 2 is 2.00 bits per heavy atom. The number of nitrogens with one attached hydrogen (secondary N) is 1. The summed E-state index contributed by atoms with van der Waals surface area (Å²) in [4.78, 5) is 7.51. The molecule has 0 aliphatic rings. The number of hydrogen-bond donors (Lipinski definition) is 1. The molecule has 1 N–H and O–H groups in total. The van der Waals surface area contributed by atoms with Crippen molar-refractivity contribution in [1.29, 1.82) is 0 Å². The van der Waals surface area contributed by atoms with Gasteiger partial charge in [0.25, 0.3) is 0 Å². The zero-order valence-electron chi connectivity index (χ0n) is 8.21. The minimum absolute atomic E-state index is 0.543. The zero-order valence-corrected chi connectivity index (χ0v) is 8.97. The van der Waals surface area contributed by atoms with Gasteiger partial charge in [0.15, 0.2) is 5.15 Å². The molecule has 0 amide bonds. The third-order valence-corrected chi connectivity index (χ3v) is 2.85. The van der Waals surface area contributed by atoms with Gasteiger partial charge in [-0.2, -0.15) is 0 Å². The van der Waals surface area contributed by atoms with E-state index in [2.05, 4.69) is 22.1 Å². The van der Waals surface area contributed by atoms with Gasteiger partial charge in [0, 0.05) is 22.0 Å². The van der Waals surface area contributed by atoms with Crippen LogP contribution in [0.4, 0.5) is 0 Å². The van der Waals surface area contributed by atoms with Crippen LogP contribution in [0.5, 0.6) is 0 Å². The Balaban J connectivity index is 2.61. The molecule has 0 atom stereocenters. The molecular formula is C12H9ClN2. The van der Waals surface area contributed by atoms with E-state index in [1.807, 2.05) is 25.1 Å². The van der Waals surface area contributed by atoms with Crippen molar-refractivity contribution in [2.24, 2.45) is 0 Å². The van der Waals surface area contributed by atoms with Crippen molar-refractivity contribution in [3.05, 3.63) is 41.2 Å². The Bertz CT molecular complexity index is 655. The molecular weight excluding hydrogens is 208 g/mol. The van der Waals surface area contributed by atoms with Crippen LogP contribution in [0.25, 0.3) is 21.8 Å². The molecule has 3 rings (SSSR count). The van der Waals surface area contributed by atoms with E-state index in [-0.39, 0.29) is 0 Å². The number of pyridine rings is 1. The maximum absolute atomic E-state index is 6.09. The highest BCUT2D eigenvalue weighted by molar-refractivity contribution is 6.35. The molecule has 0 unspecified atom stereocenters. The molecule has 0 saturated carbocycles. The molecule has 0 aliphatic heterocycles. The SMILES string of the molecule is Cc1cc2c([nH]c3ccccc32)c(Cl)n1. The number of rotatable bonds is 0. The number of aromatic amines is 1. The van der Waals surface area contributed by atoms with Gasteiger partial charge in [-0.25, -0.2) is 4.98 Å². The first kappa shape index (κ1) is 8.74. The first-order valence-corrected chi connectivity index (χ1v) is 5.17. The van der Waals surface area contributed by atoms with Gasteiger partial charge in [0.2, 0.25) is 0 Å². The predicted molar refractivity (Wildman–Crippen MR) is 63.3 cm³/mol. The number of fused-ring (bicyclic) bond motifs is 3. The fourth-order valence-electron chi connectivity index (χ4n) is 1.93. The Morgan fingerprint density at radius 1 is 1.20 bits per heavy atom. The third kappa shape index (κ3) is 1.22. The number of H-pyrrole nitrogens is 1. The lowest BCUT2D eigenvalue weighted by atomic mass is 10.2. The Hall–Kier alpha value is -1.54. The smallest absolute Gasteiger partial charge is 0.153 e. The van der Waals surface area contributed by atoms with Gasteiger partial charge in [0.05, 0.1) is 5.52 Å². The minimum atomic E-state index is 0.543. The van der Waals surface area contributed by atoms with Crippen molar-refractivity contribution in [1.82, 2.24) is 9.97 Å². The monoisotopic (exact) mass is 216 g/mol. The molecule has 2 aromatic heterocycles. The van der Waals surface area contributed by atoms with E-state index in [9.17, 15) is 0 Å². The first-order valence-electron chi connectivity index (χ1n) is 4.79. The van der Waals surface area contributed by atoms with Gasteiger partial charge >= 0.3 is 0 Å². The topological polar surface area (TPSA) is 28.7 Å².